The van der Waals surface area contributed by atoms with Gasteiger partial charge in [0.1, 0.15) is 0 Å². The van der Waals surface area contributed by atoms with Gasteiger partial charge in [0, 0.05) is 18.3 Å². The van der Waals surface area contributed by atoms with Gasteiger partial charge in [0.05, 0.1) is 24.8 Å². The van der Waals surface area contributed by atoms with Gasteiger partial charge in [0.2, 0.25) is 5.91 Å². The van der Waals surface area contributed by atoms with Crippen LogP contribution in [0.1, 0.15) is 18.4 Å². The molecule has 1 aromatic carbocycles. The minimum Gasteiger partial charge on any atom is -0.395 e. The molecule has 0 heterocycles. The van der Waals surface area contributed by atoms with E-state index in [1.807, 2.05) is 11.0 Å². The summed E-state index contributed by atoms with van der Waals surface area (Å²) in [4.78, 5) is 13.9. The van der Waals surface area contributed by atoms with Crippen LogP contribution in [0.2, 0.25) is 0 Å². The third kappa shape index (κ3) is 4.05. The zero-order valence-corrected chi connectivity index (χ0v) is 10.7. The molecular formula is C14H17N3O2. The van der Waals surface area contributed by atoms with Gasteiger partial charge >= 0.3 is 0 Å². The molecule has 0 atom stereocenters. The van der Waals surface area contributed by atoms with Gasteiger partial charge in [-0.2, -0.15) is 5.26 Å². The maximum atomic E-state index is 11.9. The molecule has 1 aromatic rings. The number of hydrogen-bond donors (Lipinski definition) is 2. The van der Waals surface area contributed by atoms with Gasteiger partial charge < -0.3 is 10.4 Å². The summed E-state index contributed by atoms with van der Waals surface area (Å²) in [6.45, 7) is 0.900. The molecule has 2 N–H and O–H groups in total. The van der Waals surface area contributed by atoms with Gasteiger partial charge in [-0.25, -0.2) is 0 Å². The second-order valence-electron chi connectivity index (χ2n) is 4.66. The van der Waals surface area contributed by atoms with Crippen molar-refractivity contribution < 1.29 is 9.90 Å². The Morgan fingerprint density at radius 2 is 2.11 bits per heavy atom. The lowest BCUT2D eigenvalue weighted by Gasteiger charge is -2.20. The summed E-state index contributed by atoms with van der Waals surface area (Å²) in [6.07, 6.45) is 2.20. The number of carbonyl (C=O) groups is 1. The third-order valence-corrected chi connectivity index (χ3v) is 3.09. The van der Waals surface area contributed by atoms with Crippen LogP contribution in [0.25, 0.3) is 0 Å². The van der Waals surface area contributed by atoms with Crippen LogP contribution < -0.4 is 5.32 Å². The highest BCUT2D eigenvalue weighted by Crippen LogP contribution is 2.26. The molecule has 1 saturated carbocycles. The lowest BCUT2D eigenvalue weighted by Crippen LogP contribution is -2.36. The zero-order chi connectivity index (χ0) is 13.7. The quantitative estimate of drug-likeness (QED) is 0.797. The Morgan fingerprint density at radius 3 is 2.63 bits per heavy atom. The summed E-state index contributed by atoms with van der Waals surface area (Å²) >= 11 is 0. The van der Waals surface area contributed by atoms with Gasteiger partial charge in [0.15, 0.2) is 0 Å². The molecule has 5 nitrogen and oxygen atoms in total. The van der Waals surface area contributed by atoms with Crippen molar-refractivity contribution >= 4 is 11.6 Å². The standard InChI is InChI=1S/C14H17N3O2/c15-9-11-1-3-12(4-2-11)16-14(19)10-17(7-8-18)13-5-6-13/h1-4,13,18H,5-8,10H2,(H,16,19). The van der Waals surface area contributed by atoms with Crippen molar-refractivity contribution in [3.05, 3.63) is 29.8 Å². The number of nitriles is 1. The highest BCUT2D eigenvalue weighted by molar-refractivity contribution is 5.92. The van der Waals surface area contributed by atoms with E-state index in [-0.39, 0.29) is 12.5 Å². The van der Waals surface area contributed by atoms with Crippen molar-refractivity contribution in [2.45, 2.75) is 18.9 Å². The second kappa shape index (κ2) is 6.32. The van der Waals surface area contributed by atoms with Crippen LogP contribution in [0.5, 0.6) is 0 Å². The predicted octanol–water partition coefficient (Wildman–Crippen LogP) is 0.953. The van der Waals surface area contributed by atoms with E-state index in [9.17, 15) is 4.79 Å². The Bertz CT molecular complexity index is 474. The SMILES string of the molecule is N#Cc1ccc(NC(=O)CN(CCO)C2CC2)cc1. The average molecular weight is 259 g/mol. The summed E-state index contributed by atoms with van der Waals surface area (Å²) < 4.78 is 0. The lowest BCUT2D eigenvalue weighted by atomic mass is 10.2. The summed E-state index contributed by atoms with van der Waals surface area (Å²) in [5.74, 6) is -0.0925. The zero-order valence-electron chi connectivity index (χ0n) is 10.7. The van der Waals surface area contributed by atoms with E-state index < -0.39 is 0 Å². The number of aliphatic hydroxyl groups is 1. The van der Waals surface area contributed by atoms with Gasteiger partial charge in [0.25, 0.3) is 0 Å². The van der Waals surface area contributed by atoms with Crippen LogP contribution in [-0.4, -0.2) is 41.7 Å². The maximum absolute atomic E-state index is 11.9. The van der Waals surface area contributed by atoms with Gasteiger partial charge in [-0.05, 0) is 37.1 Å². The summed E-state index contributed by atoms with van der Waals surface area (Å²) in [7, 11) is 0. The lowest BCUT2D eigenvalue weighted by molar-refractivity contribution is -0.117. The number of hydrogen-bond acceptors (Lipinski definition) is 4. The molecule has 0 spiro atoms. The van der Waals surface area contributed by atoms with Gasteiger partial charge in [-0.15, -0.1) is 0 Å². The fourth-order valence-corrected chi connectivity index (χ4v) is 1.97. The van der Waals surface area contributed by atoms with E-state index in [1.165, 1.54) is 0 Å². The third-order valence-electron chi connectivity index (χ3n) is 3.09. The van der Waals surface area contributed by atoms with Crippen molar-refractivity contribution in [1.82, 2.24) is 4.90 Å². The first kappa shape index (κ1) is 13.5. The Balaban J connectivity index is 1.87. The normalized spacial score (nSPS) is 14.2. The van der Waals surface area contributed by atoms with Crippen molar-refractivity contribution in [1.29, 1.82) is 5.26 Å². The topological polar surface area (TPSA) is 76.4 Å². The molecule has 0 bridgehead atoms. The number of nitrogens with zero attached hydrogens (tertiary/aromatic N) is 2. The van der Waals surface area contributed by atoms with Crippen LogP contribution in [0.4, 0.5) is 5.69 Å². The number of benzene rings is 1. The molecule has 1 aliphatic rings. The van der Waals surface area contributed by atoms with Gasteiger partial charge in [-0.1, -0.05) is 0 Å². The number of carbonyl (C=O) groups excluding carboxylic acids is 1. The van der Waals surface area contributed by atoms with Crippen molar-refractivity contribution in [2.75, 3.05) is 25.0 Å². The minimum absolute atomic E-state index is 0.0701. The first-order valence-corrected chi connectivity index (χ1v) is 6.38. The molecule has 1 aliphatic carbocycles. The molecule has 100 valence electrons. The highest BCUT2D eigenvalue weighted by atomic mass is 16.3. The summed E-state index contributed by atoms with van der Waals surface area (Å²) in [5, 5.41) is 20.5. The van der Waals surface area contributed by atoms with Crippen LogP contribution in [-0.2, 0) is 4.79 Å². The smallest absolute Gasteiger partial charge is 0.238 e. The Kier molecular flexibility index (Phi) is 4.50. The van der Waals surface area contributed by atoms with Gasteiger partial charge in [-0.3, -0.25) is 9.69 Å². The molecule has 19 heavy (non-hydrogen) atoms. The first-order valence-electron chi connectivity index (χ1n) is 6.38. The maximum Gasteiger partial charge on any atom is 0.238 e. The van der Waals surface area contributed by atoms with E-state index in [0.29, 0.717) is 30.4 Å². The minimum atomic E-state index is -0.0925. The fraction of sp³-hybridized carbons (Fsp3) is 0.429. The molecule has 0 aromatic heterocycles. The molecular weight excluding hydrogens is 242 g/mol. The Morgan fingerprint density at radius 1 is 1.42 bits per heavy atom. The second-order valence-corrected chi connectivity index (χ2v) is 4.66. The van der Waals surface area contributed by atoms with Crippen molar-refractivity contribution in [3.63, 3.8) is 0 Å². The Hall–Kier alpha value is -1.90. The van der Waals surface area contributed by atoms with Crippen molar-refractivity contribution in [2.24, 2.45) is 0 Å². The predicted molar refractivity (Wildman–Crippen MR) is 71.5 cm³/mol. The van der Waals surface area contributed by atoms with Crippen LogP contribution in [0.3, 0.4) is 0 Å². The number of anilines is 1. The monoisotopic (exact) mass is 259 g/mol. The van der Waals surface area contributed by atoms with Crippen LogP contribution >= 0.6 is 0 Å². The number of rotatable bonds is 6. The number of aliphatic hydroxyl groups excluding tert-OH is 1. The van der Waals surface area contributed by atoms with E-state index in [4.69, 9.17) is 10.4 Å². The van der Waals surface area contributed by atoms with E-state index in [0.717, 1.165) is 12.8 Å². The highest BCUT2D eigenvalue weighted by Gasteiger charge is 2.29. The molecule has 2 rings (SSSR count). The first-order chi connectivity index (χ1) is 9.22. The van der Waals surface area contributed by atoms with Crippen LogP contribution in [0, 0.1) is 11.3 Å². The van der Waals surface area contributed by atoms with Crippen molar-refractivity contribution in [3.8, 4) is 6.07 Å². The molecule has 0 saturated heterocycles. The molecule has 1 amide bonds. The van der Waals surface area contributed by atoms with E-state index in [2.05, 4.69) is 5.32 Å². The number of amides is 1. The number of nitrogens with one attached hydrogen (secondary N) is 1. The summed E-state index contributed by atoms with van der Waals surface area (Å²) in [6, 6.07) is 9.24. The molecule has 0 aliphatic heterocycles. The van der Waals surface area contributed by atoms with E-state index >= 15 is 0 Å². The molecule has 5 heteroatoms. The summed E-state index contributed by atoms with van der Waals surface area (Å²) in [5.41, 5.74) is 1.25. The molecule has 0 unspecified atom stereocenters. The fourth-order valence-electron chi connectivity index (χ4n) is 1.97. The van der Waals surface area contributed by atoms with E-state index in [1.54, 1.807) is 24.3 Å². The average Bonchev–Trinajstić information content (AvgIpc) is 3.23. The Labute approximate surface area is 112 Å². The molecule has 1 fully saturated rings. The van der Waals surface area contributed by atoms with Crippen LogP contribution in [0.15, 0.2) is 24.3 Å². The molecule has 0 radical (unpaired) electrons. The largest absolute Gasteiger partial charge is 0.395 e.